The minimum Gasteiger partial charge on any atom is -0.496 e. The Hall–Kier alpha value is -3.33. The van der Waals surface area contributed by atoms with Crippen LogP contribution in [0.25, 0.3) is 0 Å². The number of hydrogen-bond acceptors (Lipinski definition) is 8. The summed E-state index contributed by atoms with van der Waals surface area (Å²) in [5.41, 5.74) is 1.63. The summed E-state index contributed by atoms with van der Waals surface area (Å²) in [5.74, 6) is 7.14. The third-order valence-electron chi connectivity index (χ3n) is 3.97. The molecule has 0 saturated carbocycles. The van der Waals surface area contributed by atoms with Crippen molar-refractivity contribution in [3.8, 4) is 5.75 Å². The number of ether oxygens (including phenoxy) is 1. The number of nitrogens with two attached hydrogens (primary N) is 1. The number of ketones is 1. The summed E-state index contributed by atoms with van der Waals surface area (Å²) in [7, 11) is 1.60. The molecule has 0 amide bonds. The molecule has 1 heterocycles. The van der Waals surface area contributed by atoms with Crippen LogP contribution in [0.1, 0.15) is 22.8 Å². The third kappa shape index (κ3) is 4.32. The lowest BCUT2D eigenvalue weighted by Crippen LogP contribution is -2.32. The van der Waals surface area contributed by atoms with E-state index in [-0.39, 0.29) is 16.8 Å². The number of methoxy groups -OCH3 is 1. The minimum absolute atomic E-state index is 0.000262. The number of rotatable bonds is 7. The van der Waals surface area contributed by atoms with Crippen molar-refractivity contribution in [2.45, 2.75) is 17.8 Å². The van der Waals surface area contributed by atoms with Gasteiger partial charge in [0.05, 0.1) is 7.11 Å². The number of hydrogen-bond donors (Lipinski definition) is 2. The van der Waals surface area contributed by atoms with Gasteiger partial charge >= 0.3 is 5.56 Å². The largest absolute Gasteiger partial charge is 0.496 e. The van der Waals surface area contributed by atoms with Crippen LogP contribution in [-0.2, 0) is 5.75 Å². The molecule has 0 bridgehead atoms. The highest BCUT2D eigenvalue weighted by Crippen LogP contribution is 2.25. The highest BCUT2D eigenvalue weighted by molar-refractivity contribution is 7.98. The average Bonchev–Trinajstić information content (AvgIpc) is 2.71. The van der Waals surface area contributed by atoms with Crippen LogP contribution < -0.4 is 21.5 Å². The van der Waals surface area contributed by atoms with Crippen LogP contribution in [0.2, 0.25) is 0 Å². The Balaban J connectivity index is 1.75. The monoisotopic (exact) mass is 397 g/mol. The zero-order valence-corrected chi connectivity index (χ0v) is 16.2. The second-order valence-corrected chi connectivity index (χ2v) is 6.81. The number of carbonyl (C=O) groups is 1. The summed E-state index contributed by atoms with van der Waals surface area (Å²) in [5, 5.41) is 11.2. The number of aromatic nitrogens is 3. The molecule has 0 atom stereocenters. The third-order valence-corrected chi connectivity index (χ3v) is 4.96. The molecule has 0 aliphatic rings. The maximum atomic E-state index is 12.5. The SMILES string of the molecule is COc1ccccc1CSc1nnc(Nc2ccc(C(C)=O)cc2)c(=O)n1N. The maximum absolute atomic E-state index is 12.5. The number of nitrogen functional groups attached to an aromatic ring is 1. The molecule has 3 rings (SSSR count). The van der Waals surface area contributed by atoms with Crippen molar-refractivity contribution in [1.82, 2.24) is 14.9 Å². The van der Waals surface area contributed by atoms with Crippen LogP contribution in [0, 0.1) is 0 Å². The van der Waals surface area contributed by atoms with E-state index in [1.54, 1.807) is 31.4 Å². The molecule has 0 fully saturated rings. The molecule has 2 aromatic carbocycles. The van der Waals surface area contributed by atoms with Gasteiger partial charge in [0.1, 0.15) is 5.75 Å². The van der Waals surface area contributed by atoms with Crippen molar-refractivity contribution >= 4 is 29.1 Å². The van der Waals surface area contributed by atoms with Gasteiger partial charge in [-0.1, -0.05) is 30.0 Å². The van der Waals surface area contributed by atoms with Crippen LogP contribution >= 0.6 is 11.8 Å². The van der Waals surface area contributed by atoms with Gasteiger partial charge in [-0.2, -0.15) is 4.68 Å². The second-order valence-electron chi connectivity index (χ2n) is 5.87. The van der Waals surface area contributed by atoms with Gasteiger partial charge in [0, 0.05) is 22.6 Å². The van der Waals surface area contributed by atoms with E-state index >= 15 is 0 Å². The summed E-state index contributed by atoms with van der Waals surface area (Å²) in [6.45, 7) is 1.49. The van der Waals surface area contributed by atoms with Crippen molar-refractivity contribution in [2.24, 2.45) is 0 Å². The normalized spacial score (nSPS) is 10.5. The van der Waals surface area contributed by atoms with Gasteiger partial charge in [-0.05, 0) is 37.3 Å². The summed E-state index contributed by atoms with van der Waals surface area (Å²) < 4.78 is 6.27. The highest BCUT2D eigenvalue weighted by atomic mass is 32.2. The fourth-order valence-corrected chi connectivity index (χ4v) is 3.29. The minimum atomic E-state index is -0.506. The van der Waals surface area contributed by atoms with Crippen LogP contribution in [0.15, 0.2) is 58.5 Å². The maximum Gasteiger partial charge on any atom is 0.315 e. The zero-order chi connectivity index (χ0) is 20.1. The fourth-order valence-electron chi connectivity index (χ4n) is 2.45. The number of anilines is 2. The van der Waals surface area contributed by atoms with E-state index in [1.807, 2.05) is 24.3 Å². The number of Topliss-reactive ketones (excluding diaryl/α,β-unsaturated/α-hetero) is 1. The topological polar surface area (TPSA) is 112 Å². The van der Waals surface area contributed by atoms with E-state index in [0.717, 1.165) is 16.0 Å². The molecule has 0 unspecified atom stereocenters. The molecular formula is C19H19N5O3S. The Morgan fingerprint density at radius 1 is 1.18 bits per heavy atom. The number of nitrogens with zero attached hydrogens (tertiary/aromatic N) is 3. The van der Waals surface area contributed by atoms with Crippen molar-refractivity contribution in [3.05, 3.63) is 70.0 Å². The lowest BCUT2D eigenvalue weighted by Gasteiger charge is -2.10. The summed E-state index contributed by atoms with van der Waals surface area (Å²) >= 11 is 1.28. The molecule has 0 spiro atoms. The first-order chi connectivity index (χ1) is 13.5. The molecule has 144 valence electrons. The molecule has 0 saturated heterocycles. The summed E-state index contributed by atoms with van der Waals surface area (Å²) in [4.78, 5) is 23.8. The average molecular weight is 397 g/mol. The van der Waals surface area contributed by atoms with Gasteiger partial charge in [-0.25, -0.2) is 0 Å². The van der Waals surface area contributed by atoms with Gasteiger partial charge < -0.3 is 15.9 Å². The Labute approximate surface area is 165 Å². The summed E-state index contributed by atoms with van der Waals surface area (Å²) in [6, 6.07) is 14.3. The molecule has 0 aliphatic carbocycles. The van der Waals surface area contributed by atoms with E-state index in [0.29, 0.717) is 17.0 Å². The van der Waals surface area contributed by atoms with Crippen LogP contribution in [0.3, 0.4) is 0 Å². The molecule has 28 heavy (non-hydrogen) atoms. The van der Waals surface area contributed by atoms with Gasteiger partial charge in [-0.3, -0.25) is 9.59 Å². The number of carbonyl (C=O) groups excluding carboxylic acids is 1. The zero-order valence-electron chi connectivity index (χ0n) is 15.4. The molecule has 8 nitrogen and oxygen atoms in total. The first kappa shape index (κ1) is 19.4. The number of thioether (sulfide) groups is 1. The van der Waals surface area contributed by atoms with Crippen molar-refractivity contribution in [1.29, 1.82) is 0 Å². The molecule has 0 radical (unpaired) electrons. The molecule has 9 heteroatoms. The van der Waals surface area contributed by atoms with E-state index in [2.05, 4.69) is 15.5 Å². The van der Waals surface area contributed by atoms with Gasteiger partial charge in [0.2, 0.25) is 11.0 Å². The quantitative estimate of drug-likeness (QED) is 0.355. The second kappa shape index (κ2) is 8.57. The lowest BCUT2D eigenvalue weighted by molar-refractivity contribution is 0.101. The standard InChI is InChI=1S/C19H19N5O3S/c1-12(25)13-7-9-15(10-8-13)21-17-18(26)24(20)19(23-22-17)28-11-14-5-3-4-6-16(14)27-2/h3-10H,11,20H2,1-2H3,(H,21,22). The molecule has 1 aromatic heterocycles. The first-order valence-corrected chi connectivity index (χ1v) is 9.35. The van der Waals surface area contributed by atoms with Crippen LogP contribution in [0.4, 0.5) is 11.5 Å². The molecule has 0 aliphatic heterocycles. The van der Waals surface area contributed by atoms with Crippen molar-refractivity contribution in [2.75, 3.05) is 18.3 Å². The number of nitrogens with one attached hydrogen (secondary N) is 1. The Kier molecular flexibility index (Phi) is 5.95. The Morgan fingerprint density at radius 2 is 1.89 bits per heavy atom. The molecular weight excluding hydrogens is 378 g/mol. The van der Waals surface area contributed by atoms with Gasteiger partial charge in [0.25, 0.3) is 0 Å². The van der Waals surface area contributed by atoms with Gasteiger partial charge in [-0.15, -0.1) is 10.2 Å². The fraction of sp³-hybridized carbons (Fsp3) is 0.158. The summed E-state index contributed by atoms with van der Waals surface area (Å²) in [6.07, 6.45) is 0. The van der Waals surface area contributed by atoms with Gasteiger partial charge in [0.15, 0.2) is 5.78 Å². The molecule has 3 N–H and O–H groups in total. The smallest absolute Gasteiger partial charge is 0.315 e. The Morgan fingerprint density at radius 3 is 2.57 bits per heavy atom. The predicted octanol–water partition coefficient (Wildman–Crippen LogP) is 2.60. The van der Waals surface area contributed by atoms with E-state index in [4.69, 9.17) is 10.6 Å². The number of benzene rings is 2. The Bertz CT molecular complexity index is 1050. The van der Waals surface area contributed by atoms with Crippen molar-refractivity contribution < 1.29 is 9.53 Å². The predicted molar refractivity (Wildman–Crippen MR) is 109 cm³/mol. The number of para-hydroxylation sites is 1. The van der Waals surface area contributed by atoms with Crippen molar-refractivity contribution in [3.63, 3.8) is 0 Å². The lowest BCUT2D eigenvalue weighted by atomic mass is 10.1. The van der Waals surface area contributed by atoms with E-state index < -0.39 is 5.56 Å². The first-order valence-electron chi connectivity index (χ1n) is 8.37. The van der Waals surface area contributed by atoms with Crippen LogP contribution in [-0.4, -0.2) is 27.8 Å². The van der Waals surface area contributed by atoms with Crippen LogP contribution in [0.5, 0.6) is 5.75 Å². The molecule has 3 aromatic rings. The van der Waals surface area contributed by atoms with E-state index in [1.165, 1.54) is 18.7 Å². The van der Waals surface area contributed by atoms with E-state index in [9.17, 15) is 9.59 Å². The highest BCUT2D eigenvalue weighted by Gasteiger charge is 2.12.